The smallest absolute Gasteiger partial charge is 0.337 e. The number of carbonyl (C=O) groups excluding carboxylic acids is 4. The third-order valence-corrected chi connectivity index (χ3v) is 6.36. The predicted octanol–water partition coefficient (Wildman–Crippen LogP) is 4.52. The monoisotopic (exact) mass is 640 g/mol. The van der Waals surface area contributed by atoms with Gasteiger partial charge in [0.15, 0.2) is 11.5 Å². The van der Waals surface area contributed by atoms with E-state index in [-0.39, 0.29) is 38.5 Å². The van der Waals surface area contributed by atoms with E-state index in [0.717, 1.165) is 18.2 Å². The van der Waals surface area contributed by atoms with Gasteiger partial charge in [-0.1, -0.05) is 0 Å². The predicted molar refractivity (Wildman–Crippen MR) is 147 cm³/mol. The molecule has 1 aliphatic heterocycles. The maximum Gasteiger partial charge on any atom is 0.337 e. The van der Waals surface area contributed by atoms with Gasteiger partial charge in [-0.05, 0) is 70.0 Å². The van der Waals surface area contributed by atoms with Gasteiger partial charge in [-0.3, -0.25) is 35.1 Å². The molecule has 1 N–H and O–H groups in total. The molecule has 4 amide bonds. The highest BCUT2D eigenvalue weighted by Gasteiger charge is 2.37. The quantitative estimate of drug-likeness (QED) is 0.119. The first-order valence-corrected chi connectivity index (χ1v) is 12.3. The van der Waals surface area contributed by atoms with Crippen LogP contribution in [0.15, 0.2) is 64.6 Å². The van der Waals surface area contributed by atoms with Gasteiger partial charge in [-0.2, -0.15) is 0 Å². The zero-order valence-corrected chi connectivity index (χ0v) is 23.1. The lowest BCUT2D eigenvalue weighted by atomic mass is 10.1. The first kappa shape index (κ1) is 29.3. The van der Waals surface area contributed by atoms with Crippen molar-refractivity contribution in [1.29, 1.82) is 0 Å². The molecule has 0 unspecified atom stereocenters. The summed E-state index contributed by atoms with van der Waals surface area (Å²) in [5, 5.41) is 24.6. The molecule has 0 aliphatic carbocycles. The highest BCUT2D eigenvalue weighted by molar-refractivity contribution is 9.10. The molecule has 0 saturated carbocycles. The SMILES string of the molecule is COC(=O)c1ccc(N2C(=O)NC(=O)/C(=C\c3cc(Br)c(Oc4ccc([N+](=O)[O-])cc4[N+](=O)[O-])c(OC)c3)C2=O)cc1. The van der Waals surface area contributed by atoms with Crippen LogP contribution in [0.2, 0.25) is 0 Å². The second kappa shape index (κ2) is 11.8. The van der Waals surface area contributed by atoms with E-state index in [4.69, 9.17) is 9.47 Å². The minimum absolute atomic E-state index is 0.0128. The van der Waals surface area contributed by atoms with Gasteiger partial charge in [-0.25, -0.2) is 14.5 Å². The van der Waals surface area contributed by atoms with Crippen LogP contribution < -0.4 is 19.7 Å². The Kier molecular flexibility index (Phi) is 8.28. The van der Waals surface area contributed by atoms with Crippen molar-refractivity contribution >= 4 is 62.9 Å². The molecule has 3 aromatic carbocycles. The Morgan fingerprint density at radius 3 is 2.24 bits per heavy atom. The molecule has 214 valence electrons. The van der Waals surface area contributed by atoms with E-state index in [9.17, 15) is 39.4 Å². The Balaban J connectivity index is 1.69. The number of carbonyl (C=O) groups is 4. The molecule has 16 heteroatoms. The third kappa shape index (κ3) is 5.78. The molecule has 1 fully saturated rings. The summed E-state index contributed by atoms with van der Waals surface area (Å²) < 4.78 is 15.8. The van der Waals surface area contributed by atoms with Crippen molar-refractivity contribution in [1.82, 2.24) is 5.32 Å². The molecule has 15 nitrogen and oxygen atoms in total. The second-order valence-corrected chi connectivity index (χ2v) is 9.15. The average molecular weight is 641 g/mol. The Bertz CT molecular complexity index is 1700. The fraction of sp³-hybridized carbons (Fsp3) is 0.0769. The lowest BCUT2D eigenvalue weighted by Gasteiger charge is -2.26. The Morgan fingerprint density at radius 2 is 1.64 bits per heavy atom. The third-order valence-electron chi connectivity index (χ3n) is 5.77. The highest BCUT2D eigenvalue weighted by Crippen LogP contribution is 2.43. The summed E-state index contributed by atoms with van der Waals surface area (Å²) in [5.74, 6) is -2.89. The lowest BCUT2D eigenvalue weighted by molar-refractivity contribution is -0.394. The average Bonchev–Trinajstić information content (AvgIpc) is 2.96. The van der Waals surface area contributed by atoms with Crippen molar-refractivity contribution in [2.24, 2.45) is 0 Å². The molecule has 0 spiro atoms. The Hall–Kier alpha value is -5.64. The van der Waals surface area contributed by atoms with Crippen LogP contribution in [0.5, 0.6) is 17.2 Å². The summed E-state index contributed by atoms with van der Waals surface area (Å²) in [5.41, 5.74) is -1.10. The molecule has 1 saturated heterocycles. The number of anilines is 1. The van der Waals surface area contributed by atoms with Crippen LogP contribution >= 0.6 is 15.9 Å². The molecule has 0 bridgehead atoms. The number of rotatable bonds is 8. The maximum absolute atomic E-state index is 13.3. The number of nitrogens with one attached hydrogen (secondary N) is 1. The molecule has 42 heavy (non-hydrogen) atoms. The number of ether oxygens (including phenoxy) is 3. The van der Waals surface area contributed by atoms with Gasteiger partial charge in [0, 0.05) is 6.07 Å². The van der Waals surface area contributed by atoms with Gasteiger partial charge < -0.3 is 14.2 Å². The van der Waals surface area contributed by atoms with E-state index in [0.29, 0.717) is 4.90 Å². The van der Waals surface area contributed by atoms with E-state index in [2.05, 4.69) is 26.0 Å². The van der Waals surface area contributed by atoms with Gasteiger partial charge >= 0.3 is 17.7 Å². The van der Waals surface area contributed by atoms with E-state index in [1.54, 1.807) is 0 Å². The number of urea groups is 1. The summed E-state index contributed by atoms with van der Waals surface area (Å²) in [6.07, 6.45) is 1.19. The van der Waals surface area contributed by atoms with Crippen LogP contribution in [-0.4, -0.2) is 47.9 Å². The second-order valence-electron chi connectivity index (χ2n) is 8.30. The fourth-order valence-corrected chi connectivity index (χ4v) is 4.34. The number of imide groups is 2. The molecular weight excluding hydrogens is 624 g/mol. The fourth-order valence-electron chi connectivity index (χ4n) is 3.80. The number of esters is 1. The molecule has 0 radical (unpaired) electrons. The molecule has 3 aromatic rings. The van der Waals surface area contributed by atoms with Gasteiger partial charge in [-0.15, -0.1) is 0 Å². The van der Waals surface area contributed by atoms with Crippen molar-refractivity contribution in [2.75, 3.05) is 19.1 Å². The van der Waals surface area contributed by atoms with Gasteiger partial charge in [0.25, 0.3) is 17.5 Å². The first-order valence-electron chi connectivity index (χ1n) is 11.5. The minimum atomic E-state index is -1.000. The van der Waals surface area contributed by atoms with Crippen LogP contribution in [0.3, 0.4) is 0 Å². The number of methoxy groups -OCH3 is 2. The number of halogens is 1. The summed E-state index contributed by atoms with van der Waals surface area (Å²) in [6, 6.07) is 9.97. The Labute approximate surface area is 243 Å². The Morgan fingerprint density at radius 1 is 0.952 bits per heavy atom. The molecule has 0 aromatic heterocycles. The standard InChI is InChI=1S/C26H17BrN4O11/c1-40-21-11-13(10-18(27)22(21)42-20-8-7-16(30(36)37)12-19(20)31(38)39)9-17-23(32)28-26(35)29(24(17)33)15-5-3-14(4-6-15)25(34)41-2/h3-12H,1-2H3,(H,28,32,35)/b17-9+. The number of hydrogen-bond acceptors (Lipinski definition) is 11. The molecule has 1 heterocycles. The number of benzene rings is 3. The zero-order chi connectivity index (χ0) is 30.7. The first-order chi connectivity index (χ1) is 19.9. The van der Waals surface area contributed by atoms with Gasteiger partial charge in [0.05, 0.1) is 45.9 Å². The van der Waals surface area contributed by atoms with Gasteiger partial charge in [0.1, 0.15) is 5.57 Å². The lowest BCUT2D eigenvalue weighted by Crippen LogP contribution is -2.54. The van der Waals surface area contributed by atoms with Crippen molar-refractivity contribution in [3.8, 4) is 17.2 Å². The summed E-state index contributed by atoms with van der Waals surface area (Å²) in [4.78, 5) is 71.7. The van der Waals surface area contributed by atoms with Crippen LogP contribution in [-0.2, 0) is 14.3 Å². The number of nitro groups is 2. The number of nitro benzene ring substituents is 2. The van der Waals surface area contributed by atoms with Crippen molar-refractivity contribution in [2.45, 2.75) is 0 Å². The summed E-state index contributed by atoms with van der Waals surface area (Å²) in [7, 11) is 2.47. The topological polar surface area (TPSA) is 198 Å². The molecule has 1 aliphatic rings. The van der Waals surface area contributed by atoms with Crippen molar-refractivity contribution < 1.29 is 43.2 Å². The number of hydrogen-bond donors (Lipinski definition) is 1. The number of non-ortho nitro benzene ring substituents is 1. The highest BCUT2D eigenvalue weighted by atomic mass is 79.9. The molecule has 0 atom stereocenters. The van der Waals surface area contributed by atoms with E-state index < -0.39 is 50.6 Å². The number of nitrogens with zero attached hydrogens (tertiary/aromatic N) is 3. The minimum Gasteiger partial charge on any atom is -0.493 e. The maximum atomic E-state index is 13.3. The summed E-state index contributed by atoms with van der Waals surface area (Å²) >= 11 is 3.27. The number of barbiturate groups is 1. The van der Waals surface area contributed by atoms with Crippen LogP contribution in [0.1, 0.15) is 15.9 Å². The van der Waals surface area contributed by atoms with E-state index in [1.165, 1.54) is 56.7 Å². The van der Waals surface area contributed by atoms with Crippen molar-refractivity contribution in [3.05, 3.63) is 96.0 Å². The molecular formula is C26H17BrN4O11. The molecule has 4 rings (SSSR count). The number of amides is 4. The summed E-state index contributed by atoms with van der Waals surface area (Å²) in [6.45, 7) is 0. The zero-order valence-electron chi connectivity index (χ0n) is 21.5. The van der Waals surface area contributed by atoms with Crippen LogP contribution in [0, 0.1) is 20.2 Å². The largest absolute Gasteiger partial charge is 0.493 e. The van der Waals surface area contributed by atoms with Crippen molar-refractivity contribution in [3.63, 3.8) is 0 Å². The van der Waals surface area contributed by atoms with Crippen LogP contribution in [0.25, 0.3) is 6.08 Å². The van der Waals surface area contributed by atoms with Gasteiger partial charge in [0.2, 0.25) is 5.75 Å². The van der Waals surface area contributed by atoms with E-state index >= 15 is 0 Å². The van der Waals surface area contributed by atoms with E-state index in [1.807, 2.05) is 0 Å². The van der Waals surface area contributed by atoms with Crippen LogP contribution in [0.4, 0.5) is 21.9 Å². The normalized spacial score (nSPS) is 13.9.